The van der Waals surface area contributed by atoms with Crippen LogP contribution in [0.1, 0.15) is 28.2 Å². The largest absolute Gasteiger partial charge is 0.337 e. The number of benzene rings is 2. The molecule has 0 aliphatic rings. The van der Waals surface area contributed by atoms with E-state index in [0.717, 1.165) is 28.0 Å². The molecule has 0 amide bonds. The molecule has 0 atom stereocenters. The van der Waals surface area contributed by atoms with E-state index in [1.54, 1.807) is 0 Å². The monoisotopic (exact) mass is 352 g/mol. The Balaban J connectivity index is 1.81. The molecule has 132 valence electrons. The van der Waals surface area contributed by atoms with Gasteiger partial charge >= 0.3 is 0 Å². The van der Waals surface area contributed by atoms with Crippen molar-refractivity contribution in [2.75, 3.05) is 0 Å². The minimum atomic E-state index is 0.508. The van der Waals surface area contributed by atoms with Gasteiger partial charge in [0.05, 0.1) is 16.6 Å². The average molecular weight is 352 g/mol. The van der Waals surface area contributed by atoms with Gasteiger partial charge in [0.15, 0.2) is 0 Å². The number of nitrogens with one attached hydrogen (secondary N) is 1. The minimum absolute atomic E-state index is 0.508. The van der Waals surface area contributed by atoms with E-state index < -0.39 is 0 Å². The Kier molecular flexibility index (Phi) is 4.13. The van der Waals surface area contributed by atoms with Crippen LogP contribution in [0.25, 0.3) is 28.4 Å². The summed E-state index contributed by atoms with van der Waals surface area (Å²) in [6, 6.07) is 18.6. The first-order valence-electron chi connectivity index (χ1n) is 8.89. The van der Waals surface area contributed by atoms with Crippen LogP contribution < -0.4 is 0 Å². The molecule has 27 heavy (non-hydrogen) atoms. The Bertz CT molecular complexity index is 1210. The van der Waals surface area contributed by atoms with Gasteiger partial charge in [0.1, 0.15) is 11.9 Å². The number of rotatable bonds is 3. The second-order valence-electron chi connectivity index (χ2n) is 6.80. The first-order valence-corrected chi connectivity index (χ1v) is 8.89. The van der Waals surface area contributed by atoms with Crippen LogP contribution in [-0.2, 0) is 0 Å². The van der Waals surface area contributed by atoms with Crippen LogP contribution in [0.5, 0.6) is 0 Å². The molecule has 2 heterocycles. The lowest BCUT2D eigenvalue weighted by molar-refractivity contribution is 1.04. The second-order valence-corrected chi connectivity index (χ2v) is 6.80. The number of nitriles is 1. The molecular weight excluding hydrogens is 332 g/mol. The molecule has 0 bridgehead atoms. The van der Waals surface area contributed by atoms with Gasteiger partial charge in [-0.15, -0.1) is 0 Å². The zero-order valence-electron chi connectivity index (χ0n) is 15.6. The fraction of sp³-hybridized carbons (Fsp3) is 0.130. The molecule has 4 rings (SSSR count). The van der Waals surface area contributed by atoms with E-state index in [2.05, 4.69) is 52.7 Å². The zero-order chi connectivity index (χ0) is 19.0. The van der Waals surface area contributed by atoms with Gasteiger partial charge in [0, 0.05) is 17.6 Å². The van der Waals surface area contributed by atoms with Gasteiger partial charge in [-0.3, -0.25) is 0 Å². The van der Waals surface area contributed by atoms with Crippen molar-refractivity contribution in [1.82, 2.24) is 14.5 Å². The van der Waals surface area contributed by atoms with Crippen molar-refractivity contribution in [3.8, 4) is 11.8 Å². The molecule has 1 N–H and O–H groups in total. The maximum absolute atomic E-state index is 9.73. The normalized spacial score (nSPS) is 11.7. The predicted octanol–water partition coefficient (Wildman–Crippen LogP) is 5.34. The fourth-order valence-electron chi connectivity index (χ4n) is 3.28. The molecule has 0 saturated heterocycles. The summed E-state index contributed by atoms with van der Waals surface area (Å²) in [4.78, 5) is 7.85. The van der Waals surface area contributed by atoms with Crippen molar-refractivity contribution in [1.29, 1.82) is 5.26 Å². The van der Waals surface area contributed by atoms with Gasteiger partial charge in [-0.25, -0.2) is 4.98 Å². The summed E-state index contributed by atoms with van der Waals surface area (Å²) in [5.41, 5.74) is 7.99. The van der Waals surface area contributed by atoms with Crippen LogP contribution in [0.4, 0.5) is 0 Å². The molecule has 0 aliphatic heterocycles. The van der Waals surface area contributed by atoms with Crippen molar-refractivity contribution in [2.45, 2.75) is 20.8 Å². The molecule has 2 aromatic carbocycles. The lowest BCUT2D eigenvalue weighted by Crippen LogP contribution is -1.99. The molecule has 0 fully saturated rings. The van der Waals surface area contributed by atoms with Crippen LogP contribution in [0.15, 0.2) is 54.7 Å². The van der Waals surface area contributed by atoms with Crippen LogP contribution in [-0.4, -0.2) is 14.5 Å². The number of H-pyrrole nitrogens is 1. The Morgan fingerprint density at radius 1 is 1.11 bits per heavy atom. The lowest BCUT2D eigenvalue weighted by Gasteiger charge is -2.12. The third-order valence-corrected chi connectivity index (χ3v) is 4.92. The quantitative estimate of drug-likeness (QED) is 0.506. The highest BCUT2D eigenvalue weighted by molar-refractivity contribution is 5.90. The summed E-state index contributed by atoms with van der Waals surface area (Å²) in [6.45, 7) is 6.26. The number of aromatic amines is 1. The third-order valence-electron chi connectivity index (χ3n) is 4.92. The second kappa shape index (κ2) is 6.62. The first kappa shape index (κ1) is 16.9. The zero-order valence-corrected chi connectivity index (χ0v) is 15.6. The van der Waals surface area contributed by atoms with E-state index >= 15 is 0 Å². The van der Waals surface area contributed by atoms with Gasteiger partial charge in [-0.05, 0) is 73.9 Å². The molecule has 0 saturated carbocycles. The third kappa shape index (κ3) is 3.04. The van der Waals surface area contributed by atoms with E-state index in [0.29, 0.717) is 11.4 Å². The number of imidazole rings is 1. The minimum Gasteiger partial charge on any atom is -0.337 e. The van der Waals surface area contributed by atoms with Gasteiger partial charge in [0.25, 0.3) is 0 Å². The van der Waals surface area contributed by atoms with Crippen molar-refractivity contribution in [3.63, 3.8) is 0 Å². The molecule has 0 unspecified atom stereocenters. The number of aryl methyl sites for hydroxylation is 2. The average Bonchev–Trinajstić information content (AvgIpc) is 3.28. The highest BCUT2D eigenvalue weighted by atomic mass is 15.0. The number of hydrogen-bond acceptors (Lipinski definition) is 2. The Labute approximate surface area is 158 Å². The number of aromatic nitrogens is 3. The molecule has 4 nitrogen and oxygen atoms in total. The fourth-order valence-corrected chi connectivity index (χ4v) is 3.28. The number of nitrogens with zero attached hydrogens (tertiary/aromatic N) is 3. The molecule has 0 radical (unpaired) electrons. The summed E-state index contributed by atoms with van der Waals surface area (Å²) in [5.74, 6) is 0.590. The SMILES string of the molecule is Cc1ccc2nc(/C(C#N)=C\c3cccn3-c3cccc(C)c3C)[nH]c2c1. The summed E-state index contributed by atoms with van der Waals surface area (Å²) in [7, 11) is 0. The van der Waals surface area contributed by atoms with Crippen LogP contribution in [0.3, 0.4) is 0 Å². The van der Waals surface area contributed by atoms with E-state index in [1.165, 1.54) is 11.1 Å². The van der Waals surface area contributed by atoms with Gasteiger partial charge < -0.3 is 9.55 Å². The molecule has 0 aliphatic carbocycles. The molecular formula is C23H20N4. The predicted molar refractivity (Wildman–Crippen MR) is 110 cm³/mol. The molecule has 0 spiro atoms. The molecule has 2 aromatic heterocycles. The maximum Gasteiger partial charge on any atom is 0.149 e. The first-order chi connectivity index (χ1) is 13.1. The van der Waals surface area contributed by atoms with Crippen LogP contribution in [0.2, 0.25) is 0 Å². The van der Waals surface area contributed by atoms with Gasteiger partial charge in [-0.1, -0.05) is 18.2 Å². The van der Waals surface area contributed by atoms with E-state index in [4.69, 9.17) is 0 Å². The molecule has 4 heteroatoms. The summed E-state index contributed by atoms with van der Waals surface area (Å²) < 4.78 is 2.10. The van der Waals surface area contributed by atoms with Crippen molar-refractivity contribution in [2.24, 2.45) is 0 Å². The van der Waals surface area contributed by atoms with Crippen LogP contribution in [0, 0.1) is 32.1 Å². The van der Waals surface area contributed by atoms with Crippen molar-refractivity contribution in [3.05, 3.63) is 82.9 Å². The van der Waals surface area contributed by atoms with Crippen LogP contribution >= 0.6 is 0 Å². The summed E-state index contributed by atoms with van der Waals surface area (Å²) in [5, 5.41) is 9.73. The number of allylic oxidation sites excluding steroid dienone is 1. The summed E-state index contributed by atoms with van der Waals surface area (Å²) >= 11 is 0. The number of hydrogen-bond donors (Lipinski definition) is 1. The maximum atomic E-state index is 9.73. The van der Waals surface area contributed by atoms with E-state index in [-0.39, 0.29) is 0 Å². The van der Waals surface area contributed by atoms with Gasteiger partial charge in [0.2, 0.25) is 0 Å². The standard InChI is InChI=1S/C23H20N4/c1-15-9-10-20-21(12-15)26-23(25-20)18(14-24)13-19-7-5-11-27(19)22-8-4-6-16(2)17(22)3/h4-13H,1-3H3,(H,25,26)/b18-13-. The Hall–Kier alpha value is -3.58. The highest BCUT2D eigenvalue weighted by Gasteiger charge is 2.11. The van der Waals surface area contributed by atoms with Crippen molar-refractivity contribution < 1.29 is 0 Å². The van der Waals surface area contributed by atoms with Crippen molar-refractivity contribution >= 4 is 22.7 Å². The highest BCUT2D eigenvalue weighted by Crippen LogP contribution is 2.24. The van der Waals surface area contributed by atoms with E-state index in [9.17, 15) is 5.26 Å². The van der Waals surface area contributed by atoms with E-state index in [1.807, 2.05) is 49.5 Å². The van der Waals surface area contributed by atoms with Gasteiger partial charge in [-0.2, -0.15) is 5.26 Å². The topological polar surface area (TPSA) is 57.4 Å². The lowest BCUT2D eigenvalue weighted by atomic mass is 10.1. The number of fused-ring (bicyclic) bond motifs is 1. The Morgan fingerprint density at radius 2 is 1.96 bits per heavy atom. The Morgan fingerprint density at radius 3 is 2.78 bits per heavy atom. The smallest absolute Gasteiger partial charge is 0.149 e. The molecule has 4 aromatic rings. The summed E-state index contributed by atoms with van der Waals surface area (Å²) in [6.07, 6.45) is 3.90.